The molecule has 0 bridgehead atoms. The molecule has 0 spiro atoms. The van der Waals surface area contributed by atoms with Crippen molar-refractivity contribution < 1.29 is 0 Å². The molecule has 0 aliphatic carbocycles. The van der Waals surface area contributed by atoms with Crippen molar-refractivity contribution in [2.24, 2.45) is 0 Å². The number of hydrogen-bond acceptors (Lipinski definition) is 0. The Bertz CT molecular complexity index is 146. The molecule has 0 aromatic heterocycles. The maximum atomic E-state index is 2.29. The van der Waals surface area contributed by atoms with Crippen LogP contribution in [0.3, 0.4) is 0 Å². The third-order valence-corrected chi connectivity index (χ3v) is 0.940. The van der Waals surface area contributed by atoms with Gasteiger partial charge < -0.3 is 0 Å². The standard InChI is InChI=1S/C7H8.C2H5I/c1-7-5-3-2-4-6-7;1-2-3/h2-6H,1H3;2H2,1H3. The topological polar surface area (TPSA) is 0 Å². The summed E-state index contributed by atoms with van der Waals surface area (Å²) in [5.74, 6) is 0. The maximum Gasteiger partial charge on any atom is -0.00332 e. The molecule has 0 saturated carbocycles. The Balaban J connectivity index is 0.000000236. The second-order valence-corrected chi connectivity index (χ2v) is 3.45. The zero-order chi connectivity index (χ0) is 7.82. The Kier molecular flexibility index (Phi) is 7.03. The summed E-state index contributed by atoms with van der Waals surface area (Å²) in [6.45, 7) is 4.20. The van der Waals surface area contributed by atoms with Crippen LogP contribution in [-0.2, 0) is 0 Å². The summed E-state index contributed by atoms with van der Waals surface area (Å²) in [6.07, 6.45) is 0. The van der Waals surface area contributed by atoms with Crippen LogP contribution in [0.5, 0.6) is 0 Å². The molecule has 10 heavy (non-hydrogen) atoms. The molecule has 1 rings (SSSR count). The molecule has 0 fully saturated rings. The number of rotatable bonds is 0. The quantitative estimate of drug-likeness (QED) is 0.487. The highest BCUT2D eigenvalue weighted by molar-refractivity contribution is 14.1. The Morgan fingerprint density at radius 2 is 1.60 bits per heavy atom. The fourth-order valence-electron chi connectivity index (χ4n) is 0.534. The minimum atomic E-state index is 1.22. The predicted octanol–water partition coefficient (Wildman–Crippen LogP) is 3.44. The van der Waals surface area contributed by atoms with Crippen LogP contribution in [0.1, 0.15) is 12.5 Å². The van der Waals surface area contributed by atoms with Crippen molar-refractivity contribution in [1.82, 2.24) is 0 Å². The molecular formula is C9H13I. The zero-order valence-corrected chi connectivity index (χ0v) is 8.63. The highest BCUT2D eigenvalue weighted by atomic mass is 127. The number of halogens is 1. The van der Waals surface area contributed by atoms with E-state index in [1.807, 2.05) is 18.2 Å². The van der Waals surface area contributed by atoms with Crippen LogP contribution in [0.15, 0.2) is 30.3 Å². The zero-order valence-electron chi connectivity index (χ0n) is 6.47. The van der Waals surface area contributed by atoms with E-state index in [-0.39, 0.29) is 0 Å². The van der Waals surface area contributed by atoms with Gasteiger partial charge >= 0.3 is 0 Å². The van der Waals surface area contributed by atoms with Crippen LogP contribution >= 0.6 is 22.6 Å². The summed E-state index contributed by atoms with van der Waals surface area (Å²) in [7, 11) is 0. The summed E-state index contributed by atoms with van der Waals surface area (Å²) in [4.78, 5) is 0. The van der Waals surface area contributed by atoms with Crippen molar-refractivity contribution in [1.29, 1.82) is 0 Å². The molecule has 0 heterocycles. The fourth-order valence-corrected chi connectivity index (χ4v) is 0.534. The van der Waals surface area contributed by atoms with Crippen molar-refractivity contribution >= 4 is 22.6 Å². The molecule has 0 aliphatic heterocycles. The molecule has 1 aromatic carbocycles. The summed E-state index contributed by atoms with van der Waals surface area (Å²) < 4.78 is 1.22. The second-order valence-electron chi connectivity index (χ2n) is 1.92. The van der Waals surface area contributed by atoms with Gasteiger partial charge in [0, 0.05) is 0 Å². The van der Waals surface area contributed by atoms with E-state index in [9.17, 15) is 0 Å². The molecule has 0 aliphatic rings. The van der Waals surface area contributed by atoms with Crippen molar-refractivity contribution in [2.45, 2.75) is 13.8 Å². The predicted molar refractivity (Wildman–Crippen MR) is 55.7 cm³/mol. The molecule has 0 atom stereocenters. The fraction of sp³-hybridized carbons (Fsp3) is 0.333. The maximum absolute atomic E-state index is 2.29. The Morgan fingerprint density at radius 1 is 1.20 bits per heavy atom. The number of aryl methyl sites for hydroxylation is 1. The van der Waals surface area contributed by atoms with Crippen LogP contribution < -0.4 is 0 Å². The van der Waals surface area contributed by atoms with E-state index in [1.54, 1.807) is 0 Å². The van der Waals surface area contributed by atoms with E-state index in [0.717, 1.165) is 0 Å². The third-order valence-electron chi connectivity index (χ3n) is 0.940. The molecule has 0 amide bonds. The minimum absolute atomic E-state index is 1.22. The molecular weight excluding hydrogens is 235 g/mol. The van der Waals surface area contributed by atoms with Crippen LogP contribution in [0.25, 0.3) is 0 Å². The number of benzene rings is 1. The third kappa shape index (κ3) is 6.08. The summed E-state index contributed by atoms with van der Waals surface area (Å²) in [6, 6.07) is 10.3. The van der Waals surface area contributed by atoms with Gasteiger partial charge in [-0.15, -0.1) is 0 Å². The number of alkyl halides is 1. The number of hydrogen-bond donors (Lipinski definition) is 0. The van der Waals surface area contributed by atoms with Crippen LogP contribution in [-0.4, -0.2) is 4.43 Å². The lowest BCUT2D eigenvalue weighted by molar-refractivity contribution is 1.48. The molecule has 0 unspecified atom stereocenters. The van der Waals surface area contributed by atoms with Gasteiger partial charge in [-0.25, -0.2) is 0 Å². The summed E-state index contributed by atoms with van der Waals surface area (Å²) in [5.41, 5.74) is 1.32. The van der Waals surface area contributed by atoms with Gasteiger partial charge in [0.15, 0.2) is 0 Å². The SMILES string of the molecule is CCI.Cc1ccccc1. The van der Waals surface area contributed by atoms with Gasteiger partial charge in [0.25, 0.3) is 0 Å². The Hall–Kier alpha value is -0.0500. The van der Waals surface area contributed by atoms with Gasteiger partial charge in [0.2, 0.25) is 0 Å². The highest BCUT2D eigenvalue weighted by Gasteiger charge is 1.72. The normalized spacial score (nSPS) is 7.90. The van der Waals surface area contributed by atoms with Gasteiger partial charge in [-0.05, 0) is 11.4 Å². The molecule has 56 valence electrons. The first kappa shape index (κ1) is 9.95. The molecule has 0 radical (unpaired) electrons. The first-order chi connectivity index (χ1) is 4.81. The largest absolute Gasteiger partial charge is 0.0867 e. The lowest BCUT2D eigenvalue weighted by Gasteiger charge is -1.82. The van der Waals surface area contributed by atoms with E-state index < -0.39 is 0 Å². The molecule has 0 N–H and O–H groups in total. The molecule has 1 aromatic rings. The average molecular weight is 248 g/mol. The van der Waals surface area contributed by atoms with Crippen LogP contribution in [0.4, 0.5) is 0 Å². The Morgan fingerprint density at radius 3 is 1.80 bits per heavy atom. The van der Waals surface area contributed by atoms with Crippen molar-refractivity contribution in [2.75, 3.05) is 4.43 Å². The molecule has 0 saturated heterocycles. The smallest absolute Gasteiger partial charge is 0.00332 e. The Labute approximate surface area is 76.8 Å². The van der Waals surface area contributed by atoms with Crippen LogP contribution in [0, 0.1) is 6.92 Å². The van der Waals surface area contributed by atoms with Gasteiger partial charge in [-0.3, -0.25) is 0 Å². The van der Waals surface area contributed by atoms with E-state index in [1.165, 1.54) is 9.99 Å². The van der Waals surface area contributed by atoms with E-state index in [4.69, 9.17) is 0 Å². The first-order valence-corrected chi connectivity index (χ1v) is 4.91. The van der Waals surface area contributed by atoms with E-state index in [2.05, 4.69) is 48.6 Å². The monoisotopic (exact) mass is 248 g/mol. The molecule has 1 heteroatoms. The van der Waals surface area contributed by atoms with Gasteiger partial charge in [0.1, 0.15) is 0 Å². The average Bonchev–Trinajstić information content (AvgIpc) is 1.91. The van der Waals surface area contributed by atoms with Crippen molar-refractivity contribution in [3.63, 3.8) is 0 Å². The van der Waals surface area contributed by atoms with Crippen LogP contribution in [0.2, 0.25) is 0 Å². The summed E-state index contributed by atoms with van der Waals surface area (Å²) in [5, 5.41) is 0. The lowest BCUT2D eigenvalue weighted by atomic mass is 10.2. The van der Waals surface area contributed by atoms with Gasteiger partial charge in [-0.2, -0.15) is 0 Å². The summed E-state index contributed by atoms with van der Waals surface area (Å²) >= 11 is 2.29. The van der Waals surface area contributed by atoms with Gasteiger partial charge in [-0.1, -0.05) is 65.4 Å². The minimum Gasteiger partial charge on any atom is -0.0867 e. The lowest BCUT2D eigenvalue weighted by Crippen LogP contribution is -1.62. The van der Waals surface area contributed by atoms with Crippen molar-refractivity contribution in [3.8, 4) is 0 Å². The second kappa shape index (κ2) is 7.06. The van der Waals surface area contributed by atoms with Crippen molar-refractivity contribution in [3.05, 3.63) is 35.9 Å². The van der Waals surface area contributed by atoms with E-state index >= 15 is 0 Å². The molecule has 0 nitrogen and oxygen atoms in total. The highest BCUT2D eigenvalue weighted by Crippen LogP contribution is 1.92. The van der Waals surface area contributed by atoms with Gasteiger partial charge in [0.05, 0.1) is 0 Å². The van der Waals surface area contributed by atoms with E-state index in [0.29, 0.717) is 0 Å². The first-order valence-electron chi connectivity index (χ1n) is 3.39.